The molecule has 1 atom stereocenters. The lowest BCUT2D eigenvalue weighted by Gasteiger charge is -1.90. The maximum Gasteiger partial charge on any atom is 0.0667 e. The Kier molecular flexibility index (Phi) is 2.55. The molecule has 1 N–H and O–H groups in total. The normalized spacial score (nSPS) is 22.8. The monoisotopic (exact) mass is 228 g/mol. The van der Waals surface area contributed by atoms with Gasteiger partial charge in [0.15, 0.2) is 0 Å². The lowest BCUT2D eigenvalue weighted by molar-refractivity contribution is 0.322. The summed E-state index contributed by atoms with van der Waals surface area (Å²) in [5.74, 6) is 0. The van der Waals surface area contributed by atoms with Gasteiger partial charge in [0.1, 0.15) is 0 Å². The molecule has 15 heavy (non-hydrogen) atoms. The summed E-state index contributed by atoms with van der Waals surface area (Å²) in [4.78, 5) is 0. The molecule has 0 aliphatic heterocycles. The number of rotatable bonds is 3. The molecule has 0 bridgehead atoms. The zero-order valence-electron chi connectivity index (χ0n) is 12.8. The molecule has 0 spiro atoms. The van der Waals surface area contributed by atoms with Gasteiger partial charge in [-0.3, -0.25) is 4.21 Å². The number of benzene rings is 1. The average Bonchev–Trinajstić information content (AvgIpc) is 2.35. The minimum Gasteiger partial charge on any atom is -0.411 e. The van der Waals surface area contributed by atoms with Crippen molar-refractivity contribution >= 4 is 29.2 Å². The molecule has 0 aliphatic rings. The van der Waals surface area contributed by atoms with Gasteiger partial charge in [-0.15, -0.1) is 0 Å². The molecule has 0 amide bonds. The first-order valence-electron chi connectivity index (χ1n) is 6.56. The van der Waals surface area contributed by atoms with E-state index >= 15 is 0 Å². The van der Waals surface area contributed by atoms with Crippen molar-refractivity contribution in [3.63, 3.8) is 0 Å². The van der Waals surface area contributed by atoms with Gasteiger partial charge in [0.25, 0.3) is 0 Å². The van der Waals surface area contributed by atoms with Crippen LogP contribution in [0.3, 0.4) is 0 Å². The highest BCUT2D eigenvalue weighted by atomic mass is 32.2. The zero-order valence-corrected chi connectivity index (χ0v) is 8.57. The van der Waals surface area contributed by atoms with Crippen LogP contribution in [0, 0.1) is 0 Å². The molecular formula is C11H13NO2S. The van der Waals surface area contributed by atoms with Crippen molar-refractivity contribution in [2.45, 2.75) is 0 Å². The van der Waals surface area contributed by atoms with Crippen molar-refractivity contribution in [2.24, 2.45) is 5.16 Å². The van der Waals surface area contributed by atoms with Crippen LogP contribution in [0.5, 0.6) is 0 Å². The Morgan fingerprint density at radius 2 is 2.33 bits per heavy atom. The molecule has 0 heterocycles. The lowest BCUT2D eigenvalue weighted by Crippen LogP contribution is -2.24. The van der Waals surface area contributed by atoms with Gasteiger partial charge in [-0.1, -0.05) is 35.5 Å². The Bertz CT molecular complexity index is 639. The van der Waals surface area contributed by atoms with Crippen LogP contribution in [-0.2, 0) is 10.8 Å². The molecule has 4 heteroatoms. The van der Waals surface area contributed by atoms with Gasteiger partial charge in [-0.05, 0) is 16.5 Å². The molecule has 0 fully saturated rings. The first-order chi connectivity index (χ1) is 9.18. The largest absolute Gasteiger partial charge is 0.411 e. The van der Waals surface area contributed by atoms with Crippen molar-refractivity contribution in [3.05, 3.63) is 34.7 Å². The molecule has 1 rings (SSSR count). The van der Waals surface area contributed by atoms with Crippen molar-refractivity contribution < 1.29 is 16.3 Å². The van der Waals surface area contributed by atoms with Crippen LogP contribution in [-0.4, -0.2) is 27.5 Å². The maximum atomic E-state index is 11.7. The van der Waals surface area contributed by atoms with Crippen molar-refractivity contribution in [3.8, 4) is 0 Å². The second-order valence-electron chi connectivity index (χ2n) is 2.59. The Labute approximate surface area is 97.9 Å². The quantitative estimate of drug-likeness (QED) is 0.453. The van der Waals surface area contributed by atoms with Gasteiger partial charge < -0.3 is 5.21 Å². The molecule has 0 saturated carbocycles. The van der Waals surface area contributed by atoms with Crippen LogP contribution in [0.25, 0.3) is 12.2 Å². The van der Waals surface area contributed by atoms with E-state index < -0.39 is 22.7 Å². The Hall–Kier alpha value is -1.42. The third kappa shape index (κ3) is 4.08. The van der Waals surface area contributed by atoms with Crippen LogP contribution < -0.4 is 10.4 Å². The summed E-state index contributed by atoms with van der Waals surface area (Å²) >= 11 is 0. The molecule has 1 aromatic carbocycles. The highest BCUT2D eigenvalue weighted by Crippen LogP contribution is 1.77. The van der Waals surface area contributed by atoms with E-state index in [0.717, 1.165) is 12.3 Å². The smallest absolute Gasteiger partial charge is 0.0667 e. The number of nitrogens with zero attached hydrogens (tertiary/aromatic N) is 1. The predicted molar refractivity (Wildman–Crippen MR) is 63.8 cm³/mol. The highest BCUT2D eigenvalue weighted by molar-refractivity contribution is 7.84. The van der Waals surface area contributed by atoms with E-state index in [2.05, 4.69) is 5.16 Å². The third-order valence-corrected chi connectivity index (χ3v) is 1.97. The van der Waals surface area contributed by atoms with E-state index in [9.17, 15) is 4.21 Å². The summed E-state index contributed by atoms with van der Waals surface area (Å²) in [7, 11) is -2.68. The fourth-order valence-electron chi connectivity index (χ4n) is 1.02. The summed E-state index contributed by atoms with van der Waals surface area (Å²) in [5, 5.41) is 12.0. The van der Waals surface area contributed by atoms with Crippen molar-refractivity contribution in [2.75, 3.05) is 11.9 Å². The first-order valence-corrected chi connectivity index (χ1v) is 5.21. The van der Waals surface area contributed by atoms with Gasteiger partial charge in [-0.2, -0.15) is 0 Å². The molecule has 0 aliphatic carbocycles. The topological polar surface area (TPSA) is 49.7 Å². The van der Waals surface area contributed by atoms with Crippen LogP contribution in [0.15, 0.2) is 29.4 Å². The Morgan fingerprint density at radius 3 is 3.00 bits per heavy atom. The van der Waals surface area contributed by atoms with Crippen LogP contribution in [0.2, 0.25) is 0 Å². The van der Waals surface area contributed by atoms with Gasteiger partial charge >= 0.3 is 0 Å². The van der Waals surface area contributed by atoms with E-state index in [1.54, 1.807) is 24.3 Å². The molecule has 3 nitrogen and oxygen atoms in total. The summed E-state index contributed by atoms with van der Waals surface area (Å²) in [5.41, 5.74) is -2.51. The highest BCUT2D eigenvalue weighted by Gasteiger charge is 1.86. The van der Waals surface area contributed by atoms with E-state index in [0.29, 0.717) is 10.4 Å². The molecular weight excluding hydrogens is 210 g/mol. The van der Waals surface area contributed by atoms with Crippen molar-refractivity contribution in [1.82, 2.24) is 0 Å². The van der Waals surface area contributed by atoms with Gasteiger partial charge in [-0.25, -0.2) is 0 Å². The summed E-state index contributed by atoms with van der Waals surface area (Å²) in [6, 6.07) is 6.49. The van der Waals surface area contributed by atoms with E-state index in [4.69, 9.17) is 12.1 Å². The fourth-order valence-corrected chi connectivity index (χ4v) is 1.26. The molecule has 0 aromatic heterocycles. The van der Waals surface area contributed by atoms with Gasteiger partial charge in [0.05, 0.1) is 6.21 Å². The van der Waals surface area contributed by atoms with Gasteiger partial charge in [0.2, 0.25) is 0 Å². The average molecular weight is 228 g/mol. The molecule has 0 saturated heterocycles. The summed E-state index contributed by atoms with van der Waals surface area (Å²) in [6.07, 6.45) is 0.612. The Morgan fingerprint density at radius 1 is 1.60 bits per heavy atom. The predicted octanol–water partition coefficient (Wildman–Crippen LogP) is 0.0861. The summed E-state index contributed by atoms with van der Waals surface area (Å²) in [6.45, 7) is 0. The maximum absolute atomic E-state index is 11.7. The minimum absolute atomic E-state index is 0.356. The van der Waals surface area contributed by atoms with Crippen molar-refractivity contribution in [1.29, 1.82) is 0 Å². The third-order valence-electron chi connectivity index (χ3n) is 1.64. The Balaban J connectivity index is 3.41. The number of oxime groups is 1. The lowest BCUT2D eigenvalue weighted by atomic mass is 10.2. The number of hydrogen-bond donors (Lipinski definition) is 1. The van der Waals surface area contributed by atoms with Gasteiger partial charge in [0, 0.05) is 29.5 Å². The summed E-state index contributed by atoms with van der Waals surface area (Å²) < 4.78 is 48.1. The zero-order chi connectivity index (χ0) is 15.4. The second kappa shape index (κ2) is 6.14. The van der Waals surface area contributed by atoms with E-state index in [-0.39, 0.29) is 0 Å². The van der Waals surface area contributed by atoms with E-state index in [1.165, 1.54) is 6.08 Å². The van der Waals surface area contributed by atoms with Crippen LogP contribution in [0.1, 0.15) is 6.85 Å². The van der Waals surface area contributed by atoms with E-state index in [1.807, 2.05) is 0 Å². The van der Waals surface area contributed by atoms with Crippen LogP contribution >= 0.6 is 0 Å². The molecule has 1 unspecified atom stereocenters. The van der Waals surface area contributed by atoms with Crippen LogP contribution in [0.4, 0.5) is 0 Å². The number of hydrogen-bond acceptors (Lipinski definition) is 3. The molecule has 80 valence electrons. The second-order valence-corrected chi connectivity index (χ2v) is 3.36. The minimum atomic E-state index is -2.90. The molecule has 1 aromatic rings. The standard InChI is InChI=1S/C11H13NO2S/c1-15(14)9-7-11-5-3-2-4-10(11)6-8-12-13/h2-8,13H,9H2,1H3/b10-6-,11-7+,12-8+/i1D3,9D2. The molecule has 0 radical (unpaired) electrons. The fraction of sp³-hybridized carbons (Fsp3) is 0.182. The first kappa shape index (κ1) is 6.23. The SMILES string of the molecule is [2H]C([2H])([2H])S(=O)C([2H])([2H])\C=c1/cccc/c1=C/C=N/O.